The molecule has 3 rings (SSSR count). The van der Waals surface area contributed by atoms with Crippen molar-refractivity contribution < 1.29 is 19.1 Å². The first-order chi connectivity index (χ1) is 14.5. The van der Waals surface area contributed by atoms with Gasteiger partial charge in [-0.3, -0.25) is 4.79 Å². The van der Waals surface area contributed by atoms with Gasteiger partial charge in [-0.1, -0.05) is 44.9 Å². The number of rotatable bonds is 8. The van der Waals surface area contributed by atoms with E-state index in [1.54, 1.807) is 12.1 Å². The molecular weight excluding hydrogens is 380 g/mol. The minimum absolute atomic E-state index is 0.152. The fourth-order valence-corrected chi connectivity index (χ4v) is 3.69. The van der Waals surface area contributed by atoms with Crippen LogP contribution < -0.4 is 15.4 Å². The van der Waals surface area contributed by atoms with Crippen LogP contribution in [0.2, 0.25) is 0 Å². The maximum absolute atomic E-state index is 12.1. The molecule has 0 radical (unpaired) electrons. The average Bonchev–Trinajstić information content (AvgIpc) is 2.76. The molecule has 1 aliphatic rings. The van der Waals surface area contributed by atoms with Crippen molar-refractivity contribution in [2.45, 2.75) is 39.2 Å². The van der Waals surface area contributed by atoms with Crippen LogP contribution in [0.4, 0.5) is 11.4 Å². The molecular formula is C24H30N2O4. The molecule has 2 aromatic rings. The Balaban J connectivity index is 1.36. The number of para-hydroxylation sites is 1. The van der Waals surface area contributed by atoms with Gasteiger partial charge >= 0.3 is 5.97 Å². The zero-order valence-electron chi connectivity index (χ0n) is 17.6. The summed E-state index contributed by atoms with van der Waals surface area (Å²) in [6.07, 6.45) is 3.29. The SMILES string of the molecule is C[C@@H]1[C@H](C)CCC[C@H]1NC(=O)COC(=O)COc1ccc(Nc2ccccc2)cc1. The summed E-state index contributed by atoms with van der Waals surface area (Å²) in [5.74, 6) is 0.753. The molecule has 1 aliphatic carbocycles. The highest BCUT2D eigenvalue weighted by atomic mass is 16.6. The molecule has 6 heteroatoms. The van der Waals surface area contributed by atoms with Crippen molar-refractivity contribution in [2.75, 3.05) is 18.5 Å². The lowest BCUT2D eigenvalue weighted by Crippen LogP contribution is -2.45. The zero-order chi connectivity index (χ0) is 21.3. The number of benzene rings is 2. The molecule has 0 spiro atoms. The molecule has 0 aromatic heterocycles. The molecule has 0 bridgehead atoms. The number of carbonyl (C=O) groups is 2. The summed E-state index contributed by atoms with van der Waals surface area (Å²) in [4.78, 5) is 24.0. The Morgan fingerprint density at radius 1 is 0.933 bits per heavy atom. The van der Waals surface area contributed by atoms with Gasteiger partial charge in [0.25, 0.3) is 5.91 Å². The first-order valence-corrected chi connectivity index (χ1v) is 10.5. The third-order valence-corrected chi connectivity index (χ3v) is 5.69. The summed E-state index contributed by atoms with van der Waals surface area (Å²) >= 11 is 0. The van der Waals surface area contributed by atoms with E-state index in [-0.39, 0.29) is 25.2 Å². The Hall–Kier alpha value is -3.02. The smallest absolute Gasteiger partial charge is 0.344 e. The lowest BCUT2D eigenvalue weighted by atomic mass is 9.78. The van der Waals surface area contributed by atoms with Crippen molar-refractivity contribution in [3.05, 3.63) is 54.6 Å². The minimum Gasteiger partial charge on any atom is -0.482 e. The van der Waals surface area contributed by atoms with Gasteiger partial charge in [0, 0.05) is 17.4 Å². The lowest BCUT2D eigenvalue weighted by molar-refractivity contribution is -0.150. The van der Waals surface area contributed by atoms with E-state index in [1.807, 2.05) is 42.5 Å². The number of amides is 1. The van der Waals surface area contributed by atoms with Gasteiger partial charge in [0.1, 0.15) is 5.75 Å². The molecule has 2 N–H and O–H groups in total. The van der Waals surface area contributed by atoms with Crippen molar-refractivity contribution in [3.63, 3.8) is 0 Å². The summed E-state index contributed by atoms with van der Waals surface area (Å²) < 4.78 is 10.5. The second-order valence-electron chi connectivity index (χ2n) is 7.91. The fourth-order valence-electron chi connectivity index (χ4n) is 3.69. The van der Waals surface area contributed by atoms with Crippen LogP contribution in [-0.2, 0) is 14.3 Å². The number of ether oxygens (including phenoxy) is 2. The summed E-state index contributed by atoms with van der Waals surface area (Å²) in [6.45, 7) is 3.86. The standard InChI is InChI=1S/C24H30N2O4/c1-17-7-6-10-22(18(17)2)26-23(27)15-30-24(28)16-29-21-13-11-20(12-14-21)25-19-8-4-3-5-9-19/h3-5,8-9,11-14,17-18,22,25H,6-7,10,15-16H2,1-2H3,(H,26,27)/t17-,18-,22-/m1/s1. The number of anilines is 2. The van der Waals surface area contributed by atoms with Crippen LogP contribution in [-0.4, -0.2) is 31.1 Å². The highest BCUT2D eigenvalue weighted by Gasteiger charge is 2.28. The summed E-state index contributed by atoms with van der Waals surface area (Å²) in [5, 5.41) is 6.27. The van der Waals surface area contributed by atoms with E-state index in [1.165, 1.54) is 6.42 Å². The molecule has 1 fully saturated rings. The summed E-state index contributed by atoms with van der Waals surface area (Å²) in [7, 11) is 0. The minimum atomic E-state index is -0.568. The Bertz CT molecular complexity index is 823. The molecule has 160 valence electrons. The maximum atomic E-state index is 12.1. The number of carbonyl (C=O) groups excluding carboxylic acids is 2. The van der Waals surface area contributed by atoms with Crippen LogP contribution in [0.15, 0.2) is 54.6 Å². The summed E-state index contributed by atoms with van der Waals surface area (Å²) in [5.41, 5.74) is 1.91. The van der Waals surface area contributed by atoms with Gasteiger partial charge in [0.05, 0.1) is 0 Å². The zero-order valence-corrected chi connectivity index (χ0v) is 17.6. The molecule has 0 aliphatic heterocycles. The molecule has 3 atom stereocenters. The first kappa shape index (κ1) is 21.7. The number of hydrogen-bond acceptors (Lipinski definition) is 5. The second-order valence-corrected chi connectivity index (χ2v) is 7.91. The number of esters is 1. The Kier molecular flexibility index (Phi) is 7.71. The van der Waals surface area contributed by atoms with E-state index in [0.29, 0.717) is 17.6 Å². The van der Waals surface area contributed by atoms with E-state index in [9.17, 15) is 9.59 Å². The predicted molar refractivity (Wildman–Crippen MR) is 117 cm³/mol. The second kappa shape index (κ2) is 10.7. The lowest BCUT2D eigenvalue weighted by Gasteiger charge is -2.34. The molecule has 1 amide bonds. The predicted octanol–water partition coefficient (Wildman–Crippen LogP) is 4.29. The normalized spacial score (nSPS) is 20.8. The van der Waals surface area contributed by atoms with Crippen molar-refractivity contribution >= 4 is 23.3 Å². The van der Waals surface area contributed by atoms with E-state index in [2.05, 4.69) is 24.5 Å². The fraction of sp³-hybridized carbons (Fsp3) is 0.417. The van der Waals surface area contributed by atoms with Gasteiger partial charge in [-0.15, -0.1) is 0 Å². The van der Waals surface area contributed by atoms with Crippen molar-refractivity contribution in [2.24, 2.45) is 11.8 Å². The van der Waals surface area contributed by atoms with Gasteiger partial charge < -0.3 is 20.1 Å². The molecule has 0 heterocycles. The molecule has 0 unspecified atom stereocenters. The van der Waals surface area contributed by atoms with Gasteiger partial charge in [-0.2, -0.15) is 0 Å². The Morgan fingerprint density at radius 3 is 2.37 bits per heavy atom. The molecule has 0 saturated heterocycles. The third kappa shape index (κ3) is 6.51. The van der Waals surface area contributed by atoms with E-state index < -0.39 is 5.97 Å². The molecule has 6 nitrogen and oxygen atoms in total. The Morgan fingerprint density at radius 2 is 1.63 bits per heavy atom. The van der Waals surface area contributed by atoms with Gasteiger partial charge in [-0.05, 0) is 54.7 Å². The van der Waals surface area contributed by atoms with Crippen molar-refractivity contribution in [1.29, 1.82) is 0 Å². The van der Waals surface area contributed by atoms with Crippen LogP contribution in [0.3, 0.4) is 0 Å². The largest absolute Gasteiger partial charge is 0.482 e. The monoisotopic (exact) mass is 410 g/mol. The van der Waals surface area contributed by atoms with Crippen molar-refractivity contribution in [3.8, 4) is 5.75 Å². The number of nitrogens with one attached hydrogen (secondary N) is 2. The van der Waals surface area contributed by atoms with E-state index >= 15 is 0 Å². The van der Waals surface area contributed by atoms with E-state index in [0.717, 1.165) is 24.2 Å². The van der Waals surface area contributed by atoms with Crippen LogP contribution in [0.25, 0.3) is 0 Å². The molecule has 2 aromatic carbocycles. The van der Waals surface area contributed by atoms with Gasteiger partial charge in [-0.25, -0.2) is 4.79 Å². The van der Waals surface area contributed by atoms with Crippen LogP contribution >= 0.6 is 0 Å². The van der Waals surface area contributed by atoms with Gasteiger partial charge in [0.15, 0.2) is 13.2 Å². The Labute approximate surface area is 178 Å². The van der Waals surface area contributed by atoms with Crippen LogP contribution in [0.1, 0.15) is 33.1 Å². The number of hydrogen-bond donors (Lipinski definition) is 2. The van der Waals surface area contributed by atoms with Crippen LogP contribution in [0.5, 0.6) is 5.75 Å². The molecule has 30 heavy (non-hydrogen) atoms. The highest BCUT2D eigenvalue weighted by Crippen LogP contribution is 2.29. The summed E-state index contributed by atoms with van der Waals surface area (Å²) in [6, 6.07) is 17.3. The average molecular weight is 411 g/mol. The van der Waals surface area contributed by atoms with Crippen molar-refractivity contribution in [1.82, 2.24) is 5.32 Å². The maximum Gasteiger partial charge on any atom is 0.344 e. The van der Waals surface area contributed by atoms with Crippen LogP contribution in [0, 0.1) is 11.8 Å². The quantitative estimate of drug-likeness (QED) is 0.635. The first-order valence-electron chi connectivity index (χ1n) is 10.5. The third-order valence-electron chi connectivity index (χ3n) is 5.69. The van der Waals surface area contributed by atoms with Gasteiger partial charge in [0.2, 0.25) is 0 Å². The molecule has 1 saturated carbocycles. The van der Waals surface area contributed by atoms with E-state index in [4.69, 9.17) is 9.47 Å². The topological polar surface area (TPSA) is 76.7 Å². The highest BCUT2D eigenvalue weighted by molar-refractivity contribution is 5.81.